The van der Waals surface area contributed by atoms with Crippen LogP contribution in [0.25, 0.3) is 5.69 Å². The first-order chi connectivity index (χ1) is 12.3. The summed E-state index contributed by atoms with van der Waals surface area (Å²) in [5, 5.41) is 7.02. The van der Waals surface area contributed by atoms with Crippen LogP contribution in [0, 0.1) is 13.8 Å². The lowest BCUT2D eigenvalue weighted by Gasteiger charge is -2.09. The van der Waals surface area contributed by atoms with E-state index in [4.69, 9.17) is 0 Å². The molecule has 0 saturated heterocycles. The molecule has 0 spiro atoms. The maximum Gasteiger partial charge on any atom is 0.416 e. The van der Waals surface area contributed by atoms with Gasteiger partial charge in [-0.1, -0.05) is 18.2 Å². The summed E-state index contributed by atoms with van der Waals surface area (Å²) >= 11 is 0. The first-order valence-corrected chi connectivity index (χ1v) is 7.87. The van der Waals surface area contributed by atoms with Gasteiger partial charge in [-0.2, -0.15) is 18.3 Å². The molecule has 1 N–H and O–H groups in total. The number of aryl methyl sites for hydroxylation is 1. The van der Waals surface area contributed by atoms with E-state index in [1.807, 2.05) is 30.3 Å². The summed E-state index contributed by atoms with van der Waals surface area (Å²) in [6, 6.07) is 13.7. The molecule has 0 radical (unpaired) electrons. The molecule has 3 rings (SSSR count). The Kier molecular flexibility index (Phi) is 4.54. The quantitative estimate of drug-likeness (QED) is 0.733. The van der Waals surface area contributed by atoms with Gasteiger partial charge in [-0.25, -0.2) is 4.68 Å². The van der Waals surface area contributed by atoms with Crippen LogP contribution in [0.1, 0.15) is 27.3 Å². The molecular weight excluding hydrogens is 343 g/mol. The Labute approximate surface area is 148 Å². The predicted octanol–water partition coefficient (Wildman–Crippen LogP) is 4.76. The average Bonchev–Trinajstić information content (AvgIpc) is 2.90. The van der Waals surface area contributed by atoms with Crippen LogP contribution in [0.2, 0.25) is 0 Å². The van der Waals surface area contributed by atoms with Gasteiger partial charge < -0.3 is 5.32 Å². The van der Waals surface area contributed by atoms with Gasteiger partial charge >= 0.3 is 6.18 Å². The highest BCUT2D eigenvalue weighted by Gasteiger charge is 2.30. The Hall–Kier alpha value is -3.09. The Balaban J connectivity index is 1.86. The fraction of sp³-hybridized carbons (Fsp3) is 0.158. The van der Waals surface area contributed by atoms with Crippen LogP contribution < -0.4 is 5.32 Å². The predicted molar refractivity (Wildman–Crippen MR) is 92.4 cm³/mol. The molecule has 0 saturated carbocycles. The van der Waals surface area contributed by atoms with E-state index in [0.717, 1.165) is 17.8 Å². The molecule has 134 valence electrons. The van der Waals surface area contributed by atoms with E-state index >= 15 is 0 Å². The number of amides is 1. The third kappa shape index (κ3) is 3.46. The zero-order chi connectivity index (χ0) is 18.9. The normalized spacial score (nSPS) is 11.4. The Morgan fingerprint density at radius 3 is 2.19 bits per heavy atom. The summed E-state index contributed by atoms with van der Waals surface area (Å²) in [7, 11) is 0. The van der Waals surface area contributed by atoms with E-state index in [1.54, 1.807) is 18.5 Å². The van der Waals surface area contributed by atoms with E-state index in [2.05, 4.69) is 10.4 Å². The third-order valence-corrected chi connectivity index (χ3v) is 3.99. The molecule has 26 heavy (non-hydrogen) atoms. The smallest absolute Gasteiger partial charge is 0.322 e. The Bertz CT molecular complexity index is 929. The monoisotopic (exact) mass is 359 g/mol. The Morgan fingerprint density at radius 2 is 1.62 bits per heavy atom. The summed E-state index contributed by atoms with van der Waals surface area (Å²) in [4.78, 5) is 12.6. The van der Waals surface area contributed by atoms with Gasteiger partial charge in [-0.05, 0) is 50.2 Å². The molecule has 7 heteroatoms. The van der Waals surface area contributed by atoms with Gasteiger partial charge in [0, 0.05) is 5.69 Å². The highest BCUT2D eigenvalue weighted by Crippen LogP contribution is 2.30. The van der Waals surface area contributed by atoms with Gasteiger partial charge in [0.15, 0.2) is 0 Å². The minimum Gasteiger partial charge on any atom is -0.322 e. The summed E-state index contributed by atoms with van der Waals surface area (Å²) < 4.78 is 39.5. The molecule has 0 unspecified atom stereocenters. The Morgan fingerprint density at radius 1 is 1.00 bits per heavy atom. The van der Waals surface area contributed by atoms with Crippen LogP contribution in [-0.4, -0.2) is 15.7 Å². The van der Waals surface area contributed by atoms with Crippen molar-refractivity contribution >= 4 is 11.6 Å². The number of nitrogens with zero attached hydrogens (tertiary/aromatic N) is 2. The van der Waals surface area contributed by atoms with E-state index in [-0.39, 0.29) is 5.69 Å². The standard InChI is InChI=1S/C19H16F3N3O/c1-12-17(13(2)25(24-12)16-6-4-3-5-7-16)18(26)23-15-10-8-14(9-11-15)19(20,21)22/h3-11H,1-2H3,(H,23,26). The number of rotatable bonds is 3. The molecule has 0 aliphatic carbocycles. The van der Waals surface area contributed by atoms with Crippen LogP contribution in [-0.2, 0) is 6.18 Å². The lowest BCUT2D eigenvalue weighted by molar-refractivity contribution is -0.137. The number of para-hydroxylation sites is 1. The molecule has 0 atom stereocenters. The van der Waals surface area contributed by atoms with Gasteiger partial charge in [0.25, 0.3) is 5.91 Å². The van der Waals surface area contributed by atoms with Gasteiger partial charge in [0.05, 0.1) is 28.2 Å². The summed E-state index contributed by atoms with van der Waals surface area (Å²) in [5.74, 6) is -0.415. The van der Waals surface area contributed by atoms with Crippen molar-refractivity contribution in [2.45, 2.75) is 20.0 Å². The summed E-state index contributed by atoms with van der Waals surface area (Å²) in [5.41, 5.74) is 1.93. The highest BCUT2D eigenvalue weighted by atomic mass is 19.4. The van der Waals surface area contributed by atoms with Gasteiger partial charge in [0.2, 0.25) is 0 Å². The SMILES string of the molecule is Cc1nn(-c2ccccc2)c(C)c1C(=O)Nc1ccc(C(F)(F)F)cc1. The van der Waals surface area contributed by atoms with E-state index in [0.29, 0.717) is 17.0 Å². The molecule has 1 amide bonds. The van der Waals surface area contributed by atoms with Crippen LogP contribution in [0.15, 0.2) is 54.6 Å². The van der Waals surface area contributed by atoms with Crippen molar-refractivity contribution < 1.29 is 18.0 Å². The number of aromatic nitrogens is 2. The van der Waals surface area contributed by atoms with Crippen molar-refractivity contribution in [3.05, 3.63) is 77.1 Å². The van der Waals surface area contributed by atoms with E-state index in [9.17, 15) is 18.0 Å². The van der Waals surface area contributed by atoms with Crippen molar-refractivity contribution in [3.63, 3.8) is 0 Å². The number of halogens is 3. The second-order valence-electron chi connectivity index (χ2n) is 5.82. The number of alkyl halides is 3. The van der Waals surface area contributed by atoms with Crippen LogP contribution in [0.4, 0.5) is 18.9 Å². The van der Waals surface area contributed by atoms with Crippen molar-refractivity contribution in [1.29, 1.82) is 0 Å². The number of carbonyl (C=O) groups excluding carboxylic acids is 1. The molecule has 0 bridgehead atoms. The second-order valence-corrected chi connectivity index (χ2v) is 5.82. The largest absolute Gasteiger partial charge is 0.416 e. The molecule has 0 fully saturated rings. The van der Waals surface area contributed by atoms with Crippen molar-refractivity contribution in [3.8, 4) is 5.69 Å². The fourth-order valence-corrected chi connectivity index (χ4v) is 2.73. The number of carbonyl (C=O) groups is 1. The second kappa shape index (κ2) is 6.67. The summed E-state index contributed by atoms with van der Waals surface area (Å²) in [6.45, 7) is 3.49. The van der Waals surface area contributed by atoms with Gasteiger partial charge in [-0.15, -0.1) is 0 Å². The number of hydrogen-bond donors (Lipinski definition) is 1. The average molecular weight is 359 g/mol. The number of benzene rings is 2. The molecule has 4 nitrogen and oxygen atoms in total. The van der Waals surface area contributed by atoms with Crippen molar-refractivity contribution in [2.75, 3.05) is 5.32 Å². The minimum atomic E-state index is -4.41. The number of hydrogen-bond acceptors (Lipinski definition) is 2. The van der Waals surface area contributed by atoms with E-state index < -0.39 is 17.6 Å². The zero-order valence-electron chi connectivity index (χ0n) is 14.1. The number of anilines is 1. The van der Waals surface area contributed by atoms with Crippen molar-refractivity contribution in [2.24, 2.45) is 0 Å². The molecule has 1 heterocycles. The highest BCUT2D eigenvalue weighted by molar-refractivity contribution is 6.05. The molecular formula is C19H16F3N3O. The summed E-state index contributed by atoms with van der Waals surface area (Å²) in [6.07, 6.45) is -4.41. The molecule has 0 aliphatic rings. The molecule has 0 aliphatic heterocycles. The fourth-order valence-electron chi connectivity index (χ4n) is 2.73. The molecule has 2 aromatic carbocycles. The maximum atomic E-state index is 12.6. The number of nitrogens with one attached hydrogen (secondary N) is 1. The van der Waals surface area contributed by atoms with Gasteiger partial charge in [-0.3, -0.25) is 4.79 Å². The lowest BCUT2D eigenvalue weighted by atomic mass is 10.1. The zero-order valence-corrected chi connectivity index (χ0v) is 14.1. The maximum absolute atomic E-state index is 12.6. The lowest BCUT2D eigenvalue weighted by Crippen LogP contribution is -2.14. The first kappa shape index (κ1) is 17.7. The first-order valence-electron chi connectivity index (χ1n) is 7.87. The van der Waals surface area contributed by atoms with Crippen LogP contribution >= 0.6 is 0 Å². The molecule has 3 aromatic rings. The van der Waals surface area contributed by atoms with Gasteiger partial charge in [0.1, 0.15) is 0 Å². The topological polar surface area (TPSA) is 46.9 Å². The minimum absolute atomic E-state index is 0.286. The molecule has 1 aromatic heterocycles. The van der Waals surface area contributed by atoms with Crippen LogP contribution in [0.3, 0.4) is 0 Å². The van der Waals surface area contributed by atoms with Crippen molar-refractivity contribution in [1.82, 2.24) is 9.78 Å². The van der Waals surface area contributed by atoms with Crippen LogP contribution in [0.5, 0.6) is 0 Å². The third-order valence-electron chi connectivity index (χ3n) is 3.99. The van der Waals surface area contributed by atoms with E-state index in [1.165, 1.54) is 12.1 Å².